The van der Waals surface area contributed by atoms with Crippen molar-refractivity contribution >= 4 is 11.9 Å². The van der Waals surface area contributed by atoms with Gasteiger partial charge in [0.25, 0.3) is 0 Å². The van der Waals surface area contributed by atoms with E-state index in [4.69, 9.17) is 14.2 Å². The Morgan fingerprint density at radius 2 is 1.57 bits per heavy atom. The summed E-state index contributed by atoms with van der Waals surface area (Å²) in [5, 5.41) is 0. The number of ether oxygens (including phenoxy) is 3. The van der Waals surface area contributed by atoms with E-state index in [1.165, 1.54) is 18.4 Å². The van der Waals surface area contributed by atoms with E-state index in [0.717, 1.165) is 49.7 Å². The molecule has 1 saturated heterocycles. The van der Waals surface area contributed by atoms with Crippen molar-refractivity contribution in [3.63, 3.8) is 0 Å². The van der Waals surface area contributed by atoms with Crippen molar-refractivity contribution in [3.05, 3.63) is 33.9 Å². The second-order valence-electron chi connectivity index (χ2n) is 13.3. The first-order chi connectivity index (χ1) is 16.5. The third-order valence-corrected chi connectivity index (χ3v) is 12.1. The van der Waals surface area contributed by atoms with E-state index >= 15 is 0 Å². The van der Waals surface area contributed by atoms with Crippen LogP contribution in [-0.4, -0.2) is 34.8 Å². The van der Waals surface area contributed by atoms with E-state index in [0.29, 0.717) is 23.0 Å². The van der Waals surface area contributed by atoms with Crippen LogP contribution in [-0.2, 0) is 23.8 Å². The van der Waals surface area contributed by atoms with Gasteiger partial charge in [0.05, 0.1) is 0 Å². The summed E-state index contributed by atoms with van der Waals surface area (Å²) in [7, 11) is 0. The van der Waals surface area contributed by atoms with E-state index in [2.05, 4.69) is 33.8 Å². The zero-order valence-corrected chi connectivity index (χ0v) is 22.0. The van der Waals surface area contributed by atoms with Gasteiger partial charge in [-0.2, -0.15) is 0 Å². The number of allylic oxidation sites excluding steroid dienone is 1. The molecule has 0 aromatic rings. The molecule has 0 aromatic carbocycles. The summed E-state index contributed by atoms with van der Waals surface area (Å²) in [4.78, 5) is 26.7. The molecule has 1 spiro atoms. The molecule has 3 aliphatic heterocycles. The van der Waals surface area contributed by atoms with Crippen LogP contribution in [0, 0.1) is 22.7 Å². The molecular formula is C30H38O5. The summed E-state index contributed by atoms with van der Waals surface area (Å²) in [5.41, 5.74) is 2.17. The third kappa shape index (κ3) is 2.20. The first-order valence-electron chi connectivity index (χ1n) is 13.7. The number of carbonyl (C=O) groups excluding carboxylic acids is 2. The molecule has 0 amide bonds. The van der Waals surface area contributed by atoms with Gasteiger partial charge in [-0.05, 0) is 93.3 Å². The molecule has 5 nitrogen and oxygen atoms in total. The molecule has 0 aromatic heterocycles. The van der Waals surface area contributed by atoms with Crippen LogP contribution in [0.4, 0.5) is 0 Å². The monoisotopic (exact) mass is 478 g/mol. The van der Waals surface area contributed by atoms with Gasteiger partial charge in [-0.3, -0.25) is 0 Å². The highest BCUT2D eigenvalue weighted by Gasteiger charge is 2.87. The number of rotatable bonds is 1. The topological polar surface area (TPSA) is 65.1 Å². The second-order valence-corrected chi connectivity index (χ2v) is 13.3. The fraction of sp³-hybridized carbons (Fsp3) is 0.733. The van der Waals surface area contributed by atoms with Gasteiger partial charge in [-0.25, -0.2) is 9.59 Å². The van der Waals surface area contributed by atoms with Crippen LogP contribution in [0.5, 0.6) is 0 Å². The van der Waals surface area contributed by atoms with Gasteiger partial charge in [-0.1, -0.05) is 39.7 Å². The summed E-state index contributed by atoms with van der Waals surface area (Å²) in [6.45, 7) is 13.2. The first-order valence-corrected chi connectivity index (χ1v) is 13.7. The summed E-state index contributed by atoms with van der Waals surface area (Å²) < 4.78 is 19.8. The molecule has 5 heteroatoms. The smallest absolute Gasteiger partial charge is 0.335 e. The Kier molecular flexibility index (Phi) is 4.04. The molecule has 35 heavy (non-hydrogen) atoms. The number of epoxide rings is 1. The maximum absolute atomic E-state index is 13.4. The fourth-order valence-corrected chi connectivity index (χ4v) is 9.38. The predicted octanol–water partition coefficient (Wildman–Crippen LogP) is 5.73. The quantitative estimate of drug-likeness (QED) is 0.273. The van der Waals surface area contributed by atoms with Crippen molar-refractivity contribution in [2.75, 3.05) is 0 Å². The Morgan fingerprint density at radius 1 is 0.886 bits per heavy atom. The molecule has 7 aliphatic rings. The van der Waals surface area contributed by atoms with Crippen molar-refractivity contribution in [2.24, 2.45) is 22.7 Å². The van der Waals surface area contributed by atoms with Crippen LogP contribution in [0.25, 0.3) is 0 Å². The Hall–Kier alpha value is -1.88. The van der Waals surface area contributed by atoms with E-state index in [1.807, 2.05) is 13.8 Å². The zero-order valence-electron chi connectivity index (χ0n) is 22.0. The number of esters is 2. The number of fused-ring (bicyclic) bond motifs is 5. The molecule has 4 aliphatic carbocycles. The lowest BCUT2D eigenvalue weighted by Gasteiger charge is -2.57. The maximum Gasteiger partial charge on any atom is 0.335 e. The molecule has 3 heterocycles. The minimum absolute atomic E-state index is 0.00483. The molecule has 1 unspecified atom stereocenters. The van der Waals surface area contributed by atoms with E-state index in [9.17, 15) is 9.59 Å². The SMILES string of the molecule is CC1=C2C[C@]3(C)[C@@H](C)CCC[C@@]34O[C@H]4C2([C@]23C=C4CCC[C@H](C)[C@@]4(C)CC2=C(C)C(=O)O3)OC1=O. The number of hydrogen-bond donors (Lipinski definition) is 0. The Labute approximate surface area is 208 Å². The lowest BCUT2D eigenvalue weighted by atomic mass is 9.47. The largest absolute Gasteiger partial charge is 0.443 e. The van der Waals surface area contributed by atoms with Crippen molar-refractivity contribution in [1.29, 1.82) is 0 Å². The lowest BCUT2D eigenvalue weighted by molar-refractivity contribution is -0.182. The van der Waals surface area contributed by atoms with Crippen molar-refractivity contribution in [1.82, 2.24) is 0 Å². The van der Waals surface area contributed by atoms with E-state index in [1.54, 1.807) is 0 Å². The fourth-order valence-electron chi connectivity index (χ4n) is 9.38. The Bertz CT molecular complexity index is 1190. The normalized spacial score (nSPS) is 52.1. The molecular weight excluding hydrogens is 440 g/mol. The number of hydrogen-bond acceptors (Lipinski definition) is 5. The highest BCUT2D eigenvalue weighted by molar-refractivity contribution is 5.97. The summed E-state index contributed by atoms with van der Waals surface area (Å²) in [6.07, 6.45) is 10.1. The van der Waals surface area contributed by atoms with Crippen LogP contribution >= 0.6 is 0 Å². The first kappa shape index (κ1) is 22.3. The molecule has 188 valence electrons. The second kappa shape index (κ2) is 6.33. The van der Waals surface area contributed by atoms with Gasteiger partial charge < -0.3 is 14.2 Å². The van der Waals surface area contributed by atoms with Gasteiger partial charge in [0.2, 0.25) is 5.60 Å². The summed E-state index contributed by atoms with van der Waals surface area (Å²) >= 11 is 0. The average molecular weight is 479 g/mol. The van der Waals surface area contributed by atoms with Crippen LogP contribution < -0.4 is 0 Å². The minimum atomic E-state index is -1.10. The lowest BCUT2D eigenvalue weighted by Crippen LogP contribution is -2.67. The summed E-state index contributed by atoms with van der Waals surface area (Å²) in [5.74, 6) is 0.455. The maximum atomic E-state index is 13.4. The molecule has 4 fully saturated rings. The van der Waals surface area contributed by atoms with E-state index < -0.39 is 11.2 Å². The predicted molar refractivity (Wildman–Crippen MR) is 130 cm³/mol. The number of carbonyl (C=O) groups is 2. The standard InChI is InChI=1S/C30H38O5/c1-16-9-7-11-20-13-29(21(14-26(16,20)5)18(3)23(31)33-29)30-22(19(4)24(32)34-30)15-27(6)17(2)10-8-12-28(27)25(30)35-28/h13,16-17,25H,7-12,14-15H2,1-6H3/t16-,17-,25+,26+,27+,28-,29-,30?/m0/s1. The van der Waals surface area contributed by atoms with Crippen molar-refractivity contribution < 1.29 is 23.8 Å². The van der Waals surface area contributed by atoms with Gasteiger partial charge in [0.15, 0.2) is 5.60 Å². The van der Waals surface area contributed by atoms with Crippen LogP contribution in [0.1, 0.15) is 92.9 Å². The van der Waals surface area contributed by atoms with Gasteiger partial charge >= 0.3 is 11.9 Å². The van der Waals surface area contributed by atoms with Crippen LogP contribution in [0.15, 0.2) is 33.9 Å². The van der Waals surface area contributed by atoms with Crippen LogP contribution in [0.2, 0.25) is 0 Å². The minimum Gasteiger partial charge on any atom is -0.443 e. The van der Waals surface area contributed by atoms with Crippen molar-refractivity contribution in [3.8, 4) is 0 Å². The van der Waals surface area contributed by atoms with Gasteiger partial charge in [0, 0.05) is 16.6 Å². The third-order valence-electron chi connectivity index (χ3n) is 12.1. The van der Waals surface area contributed by atoms with Gasteiger partial charge in [-0.15, -0.1) is 0 Å². The molecule has 0 bridgehead atoms. The highest BCUT2D eigenvalue weighted by atomic mass is 16.7. The molecule has 0 radical (unpaired) electrons. The molecule has 3 saturated carbocycles. The van der Waals surface area contributed by atoms with Gasteiger partial charge in [0.1, 0.15) is 11.7 Å². The molecule has 7 rings (SSSR count). The summed E-state index contributed by atoms with van der Waals surface area (Å²) in [6, 6.07) is 0. The Morgan fingerprint density at radius 3 is 2.34 bits per heavy atom. The zero-order chi connectivity index (χ0) is 24.8. The molecule has 0 N–H and O–H groups in total. The Balaban J connectivity index is 1.50. The average Bonchev–Trinajstić information content (AvgIpc) is 3.43. The van der Waals surface area contributed by atoms with Crippen LogP contribution in [0.3, 0.4) is 0 Å². The molecule has 8 atom stereocenters. The highest BCUT2D eigenvalue weighted by Crippen LogP contribution is 2.76. The van der Waals surface area contributed by atoms with Crippen molar-refractivity contribution in [2.45, 2.75) is 116 Å². The van der Waals surface area contributed by atoms with E-state index in [-0.39, 0.29) is 34.5 Å².